The molecule has 17 heavy (non-hydrogen) atoms. The van der Waals surface area contributed by atoms with E-state index in [1.807, 2.05) is 36.4 Å². The van der Waals surface area contributed by atoms with Crippen LogP contribution in [0.2, 0.25) is 0 Å². The van der Waals surface area contributed by atoms with Crippen LogP contribution in [0.15, 0.2) is 36.4 Å². The monoisotopic (exact) mass is 223 g/mol. The zero-order valence-electron chi connectivity index (χ0n) is 9.52. The van der Waals surface area contributed by atoms with E-state index < -0.39 is 0 Å². The van der Waals surface area contributed by atoms with Crippen LogP contribution < -0.4 is 4.74 Å². The lowest BCUT2D eigenvalue weighted by atomic mass is 9.96. The molecule has 0 N–H and O–H groups in total. The van der Waals surface area contributed by atoms with E-state index in [0.29, 0.717) is 11.7 Å². The van der Waals surface area contributed by atoms with E-state index in [-0.39, 0.29) is 0 Å². The van der Waals surface area contributed by atoms with Crippen molar-refractivity contribution in [1.82, 2.24) is 0 Å². The smallest absolute Gasteiger partial charge is 0.127 e. The Balaban J connectivity index is 2.09. The topological polar surface area (TPSA) is 33.0 Å². The molecular weight excluding hydrogens is 210 g/mol. The minimum atomic E-state index is 0.367. The average molecular weight is 223 g/mol. The van der Waals surface area contributed by atoms with Gasteiger partial charge in [0.2, 0.25) is 0 Å². The van der Waals surface area contributed by atoms with E-state index in [2.05, 4.69) is 6.07 Å². The molecule has 84 valence electrons. The third-order valence-corrected chi connectivity index (χ3v) is 3.35. The van der Waals surface area contributed by atoms with Gasteiger partial charge in [-0.1, -0.05) is 24.3 Å². The lowest BCUT2D eigenvalue weighted by Gasteiger charge is -2.27. The highest BCUT2D eigenvalue weighted by atomic mass is 16.5. The molecule has 3 rings (SSSR count). The van der Waals surface area contributed by atoms with E-state index >= 15 is 0 Å². The summed E-state index contributed by atoms with van der Waals surface area (Å²) in [6, 6.07) is 13.9. The number of hydrogen-bond donors (Lipinski definition) is 0. The molecule has 0 radical (unpaired) electrons. The van der Waals surface area contributed by atoms with Gasteiger partial charge in [-0.05, 0) is 31.4 Å². The summed E-state index contributed by atoms with van der Waals surface area (Å²) in [5, 5.41) is 11.1. The van der Waals surface area contributed by atoms with Gasteiger partial charge < -0.3 is 4.74 Å². The predicted octanol–water partition coefficient (Wildman–Crippen LogP) is 3.64. The van der Waals surface area contributed by atoms with Gasteiger partial charge in [0.15, 0.2) is 0 Å². The lowest BCUT2D eigenvalue weighted by molar-refractivity contribution is 0.122. The number of nitriles is 1. The first-order chi connectivity index (χ1) is 8.38. The molecule has 0 unspecified atom stereocenters. The quantitative estimate of drug-likeness (QED) is 0.778. The van der Waals surface area contributed by atoms with Gasteiger partial charge >= 0.3 is 0 Å². The molecule has 0 atom stereocenters. The number of rotatable bonds is 2. The molecular formula is C15H13NO. The van der Waals surface area contributed by atoms with E-state index in [9.17, 15) is 0 Å². The Labute approximate surface area is 100 Å². The Morgan fingerprint density at radius 2 is 1.82 bits per heavy atom. The molecule has 1 aliphatic rings. The summed E-state index contributed by atoms with van der Waals surface area (Å²) in [5.41, 5.74) is 0.710. The Morgan fingerprint density at radius 3 is 2.47 bits per heavy atom. The minimum Gasteiger partial charge on any atom is -0.490 e. The predicted molar refractivity (Wildman–Crippen MR) is 66.9 cm³/mol. The number of ether oxygens (including phenoxy) is 1. The second-order valence-corrected chi connectivity index (χ2v) is 4.44. The van der Waals surface area contributed by atoms with Crippen LogP contribution in [0.3, 0.4) is 0 Å². The van der Waals surface area contributed by atoms with Gasteiger partial charge in [-0.25, -0.2) is 0 Å². The molecule has 1 fully saturated rings. The molecule has 2 aromatic rings. The van der Waals surface area contributed by atoms with Crippen LogP contribution in [0.4, 0.5) is 0 Å². The molecule has 0 spiro atoms. The Kier molecular flexibility index (Phi) is 2.45. The van der Waals surface area contributed by atoms with Crippen molar-refractivity contribution in [2.24, 2.45) is 0 Å². The number of benzene rings is 2. The van der Waals surface area contributed by atoms with Crippen molar-refractivity contribution in [3.8, 4) is 11.8 Å². The van der Waals surface area contributed by atoms with Gasteiger partial charge in [-0.2, -0.15) is 5.26 Å². The summed E-state index contributed by atoms with van der Waals surface area (Å²) in [4.78, 5) is 0. The molecule has 1 saturated carbocycles. The van der Waals surface area contributed by atoms with Gasteiger partial charge in [0.1, 0.15) is 5.75 Å². The third-order valence-electron chi connectivity index (χ3n) is 3.35. The maximum Gasteiger partial charge on any atom is 0.127 e. The molecule has 0 bridgehead atoms. The Hall–Kier alpha value is -2.01. The van der Waals surface area contributed by atoms with E-state index in [0.717, 1.165) is 29.4 Å². The molecule has 2 aromatic carbocycles. The van der Waals surface area contributed by atoms with Crippen molar-refractivity contribution in [2.75, 3.05) is 0 Å². The van der Waals surface area contributed by atoms with Gasteiger partial charge in [0.25, 0.3) is 0 Å². The summed E-state index contributed by atoms with van der Waals surface area (Å²) in [7, 11) is 0. The summed E-state index contributed by atoms with van der Waals surface area (Å²) in [6.07, 6.45) is 3.92. The molecule has 2 nitrogen and oxygen atoms in total. The number of nitrogens with zero attached hydrogens (tertiary/aromatic N) is 1. The first kappa shape index (κ1) is 10.2. The van der Waals surface area contributed by atoms with E-state index in [1.54, 1.807) is 0 Å². The second kappa shape index (κ2) is 4.10. The largest absolute Gasteiger partial charge is 0.490 e. The first-order valence-electron chi connectivity index (χ1n) is 5.97. The maximum atomic E-state index is 9.07. The molecule has 0 aromatic heterocycles. The zero-order chi connectivity index (χ0) is 11.7. The van der Waals surface area contributed by atoms with Crippen molar-refractivity contribution < 1.29 is 4.74 Å². The SMILES string of the molecule is N#Cc1ccc(OC2CCC2)c2ccccc12. The zero-order valence-corrected chi connectivity index (χ0v) is 9.52. The van der Waals surface area contributed by atoms with Gasteiger partial charge in [-0.3, -0.25) is 0 Å². The summed E-state index contributed by atoms with van der Waals surface area (Å²) in [6.45, 7) is 0. The van der Waals surface area contributed by atoms with Crippen molar-refractivity contribution in [2.45, 2.75) is 25.4 Å². The van der Waals surface area contributed by atoms with Crippen molar-refractivity contribution >= 4 is 10.8 Å². The first-order valence-corrected chi connectivity index (χ1v) is 5.97. The van der Waals surface area contributed by atoms with Gasteiger partial charge in [0, 0.05) is 10.8 Å². The fraction of sp³-hybridized carbons (Fsp3) is 0.267. The van der Waals surface area contributed by atoms with E-state index in [1.165, 1.54) is 6.42 Å². The van der Waals surface area contributed by atoms with Crippen LogP contribution in [-0.4, -0.2) is 6.10 Å². The fourth-order valence-electron chi connectivity index (χ4n) is 2.14. The van der Waals surface area contributed by atoms with Crippen LogP contribution in [0.5, 0.6) is 5.75 Å². The molecule has 0 aliphatic heterocycles. The van der Waals surface area contributed by atoms with Crippen LogP contribution in [0, 0.1) is 11.3 Å². The van der Waals surface area contributed by atoms with Crippen LogP contribution in [0.25, 0.3) is 10.8 Å². The van der Waals surface area contributed by atoms with Gasteiger partial charge in [0.05, 0.1) is 17.7 Å². The van der Waals surface area contributed by atoms with E-state index in [4.69, 9.17) is 10.00 Å². The summed E-state index contributed by atoms with van der Waals surface area (Å²) in [5.74, 6) is 0.907. The Bertz CT molecular complexity index is 593. The molecule has 0 saturated heterocycles. The van der Waals surface area contributed by atoms with Crippen molar-refractivity contribution in [1.29, 1.82) is 5.26 Å². The lowest BCUT2D eigenvalue weighted by Crippen LogP contribution is -2.24. The second-order valence-electron chi connectivity index (χ2n) is 4.44. The molecule has 2 heteroatoms. The molecule has 0 amide bonds. The van der Waals surface area contributed by atoms with Crippen molar-refractivity contribution in [3.63, 3.8) is 0 Å². The highest BCUT2D eigenvalue weighted by Crippen LogP contribution is 2.32. The maximum absolute atomic E-state index is 9.07. The number of hydrogen-bond acceptors (Lipinski definition) is 2. The third kappa shape index (κ3) is 1.74. The van der Waals surface area contributed by atoms with Crippen LogP contribution in [-0.2, 0) is 0 Å². The highest BCUT2D eigenvalue weighted by molar-refractivity contribution is 5.92. The minimum absolute atomic E-state index is 0.367. The average Bonchev–Trinajstić information content (AvgIpc) is 2.33. The summed E-state index contributed by atoms with van der Waals surface area (Å²) >= 11 is 0. The summed E-state index contributed by atoms with van der Waals surface area (Å²) < 4.78 is 5.95. The van der Waals surface area contributed by atoms with Crippen LogP contribution >= 0.6 is 0 Å². The van der Waals surface area contributed by atoms with Crippen LogP contribution in [0.1, 0.15) is 24.8 Å². The normalized spacial score (nSPS) is 15.2. The highest BCUT2D eigenvalue weighted by Gasteiger charge is 2.20. The van der Waals surface area contributed by atoms with Crippen molar-refractivity contribution in [3.05, 3.63) is 42.0 Å². The molecule has 1 aliphatic carbocycles. The molecule has 0 heterocycles. The fourth-order valence-corrected chi connectivity index (χ4v) is 2.14. The number of fused-ring (bicyclic) bond motifs is 1. The Morgan fingerprint density at radius 1 is 1.06 bits per heavy atom. The van der Waals surface area contributed by atoms with Gasteiger partial charge in [-0.15, -0.1) is 0 Å². The standard InChI is InChI=1S/C15H13NO/c16-10-11-8-9-15(17-12-4-3-5-12)14-7-2-1-6-13(11)14/h1-2,6-9,12H,3-5H2.